The molecule has 2 N–H and O–H groups in total. The molecule has 1 atom stereocenters. The zero-order valence-corrected chi connectivity index (χ0v) is 14.5. The van der Waals surface area contributed by atoms with E-state index < -0.39 is 0 Å². The molecular weight excluding hydrogens is 294 g/mol. The minimum absolute atomic E-state index is 0.0236. The Kier molecular flexibility index (Phi) is 5.76. The van der Waals surface area contributed by atoms with Crippen LogP contribution in [0.3, 0.4) is 0 Å². The third-order valence-corrected chi connectivity index (χ3v) is 4.36. The van der Waals surface area contributed by atoms with Gasteiger partial charge in [0.1, 0.15) is 0 Å². The Labute approximate surface area is 137 Å². The number of likely N-dealkylation sites (tertiary alicyclic amines) is 1. The van der Waals surface area contributed by atoms with Crippen molar-refractivity contribution in [2.24, 2.45) is 5.92 Å². The third kappa shape index (κ3) is 4.54. The van der Waals surface area contributed by atoms with Crippen molar-refractivity contribution in [1.82, 2.24) is 25.3 Å². The Hall–Kier alpha value is -1.89. The average Bonchev–Trinajstić information content (AvgIpc) is 3.01. The number of aromatic amines is 1. The Morgan fingerprint density at radius 2 is 2.17 bits per heavy atom. The van der Waals surface area contributed by atoms with Gasteiger partial charge in [-0.3, -0.25) is 14.7 Å². The van der Waals surface area contributed by atoms with Crippen LogP contribution in [0.1, 0.15) is 23.4 Å². The van der Waals surface area contributed by atoms with E-state index in [1.807, 2.05) is 32.8 Å². The summed E-state index contributed by atoms with van der Waals surface area (Å²) in [6, 6.07) is 0. The molecule has 0 radical (unpaired) electrons. The van der Waals surface area contributed by atoms with Gasteiger partial charge in [0, 0.05) is 38.3 Å². The quantitative estimate of drug-likeness (QED) is 0.746. The predicted molar refractivity (Wildman–Crippen MR) is 88.0 cm³/mol. The van der Waals surface area contributed by atoms with Gasteiger partial charge in [-0.25, -0.2) is 0 Å². The normalized spacial score (nSPS) is 18.0. The van der Waals surface area contributed by atoms with Gasteiger partial charge in [0.05, 0.1) is 11.6 Å². The van der Waals surface area contributed by atoms with Gasteiger partial charge in [0.15, 0.2) is 0 Å². The Morgan fingerprint density at radius 3 is 2.78 bits per heavy atom. The van der Waals surface area contributed by atoms with Crippen LogP contribution in [0.5, 0.6) is 0 Å². The number of rotatable bonds is 7. The number of carbonyl (C=O) groups is 2. The van der Waals surface area contributed by atoms with Crippen molar-refractivity contribution < 1.29 is 9.59 Å². The molecule has 2 heterocycles. The number of aromatic nitrogens is 2. The average molecular weight is 321 g/mol. The molecule has 0 bridgehead atoms. The van der Waals surface area contributed by atoms with Gasteiger partial charge in [-0.1, -0.05) is 0 Å². The Morgan fingerprint density at radius 1 is 1.43 bits per heavy atom. The van der Waals surface area contributed by atoms with Crippen LogP contribution in [-0.4, -0.2) is 72.1 Å². The van der Waals surface area contributed by atoms with Gasteiger partial charge >= 0.3 is 0 Å². The number of aryl methyl sites for hydroxylation is 2. The Bertz CT molecular complexity index is 547. The third-order valence-electron chi connectivity index (χ3n) is 4.36. The fraction of sp³-hybridized carbons (Fsp3) is 0.688. The number of hydrogen-bond acceptors (Lipinski definition) is 4. The SMILES string of the molecule is Cc1n[nH]c(C)c1CCNC(=O)[C@@H]1CC(=O)N(CCN(C)C)C1. The first-order valence-electron chi connectivity index (χ1n) is 8.09. The summed E-state index contributed by atoms with van der Waals surface area (Å²) in [4.78, 5) is 28.0. The number of hydrogen-bond donors (Lipinski definition) is 2. The van der Waals surface area contributed by atoms with Crippen molar-refractivity contribution in [3.8, 4) is 0 Å². The second kappa shape index (κ2) is 7.59. The first-order valence-corrected chi connectivity index (χ1v) is 8.09. The molecule has 0 unspecified atom stereocenters. The summed E-state index contributed by atoms with van der Waals surface area (Å²) in [5.74, 6) is -0.172. The molecule has 1 aliphatic rings. The smallest absolute Gasteiger partial charge is 0.225 e. The van der Waals surface area contributed by atoms with Crippen LogP contribution in [0.15, 0.2) is 0 Å². The molecule has 1 saturated heterocycles. The highest BCUT2D eigenvalue weighted by atomic mass is 16.2. The van der Waals surface area contributed by atoms with Crippen LogP contribution >= 0.6 is 0 Å². The van der Waals surface area contributed by atoms with Crippen molar-refractivity contribution in [3.63, 3.8) is 0 Å². The summed E-state index contributed by atoms with van der Waals surface area (Å²) in [5.41, 5.74) is 3.17. The maximum Gasteiger partial charge on any atom is 0.225 e. The van der Waals surface area contributed by atoms with E-state index in [1.54, 1.807) is 4.90 Å². The zero-order valence-electron chi connectivity index (χ0n) is 14.5. The van der Waals surface area contributed by atoms with Crippen LogP contribution < -0.4 is 5.32 Å². The van der Waals surface area contributed by atoms with Gasteiger partial charge in [0.25, 0.3) is 0 Å². The van der Waals surface area contributed by atoms with Crippen LogP contribution in [0, 0.1) is 19.8 Å². The second-order valence-electron chi connectivity index (χ2n) is 6.50. The van der Waals surface area contributed by atoms with Gasteiger partial charge < -0.3 is 15.1 Å². The minimum atomic E-state index is -0.226. The van der Waals surface area contributed by atoms with Crippen molar-refractivity contribution in [3.05, 3.63) is 17.0 Å². The number of H-pyrrole nitrogens is 1. The fourth-order valence-corrected chi connectivity index (χ4v) is 2.88. The van der Waals surface area contributed by atoms with E-state index in [9.17, 15) is 9.59 Å². The lowest BCUT2D eigenvalue weighted by Gasteiger charge is -2.19. The molecule has 0 spiro atoms. The lowest BCUT2D eigenvalue weighted by Crippen LogP contribution is -2.36. The molecule has 0 aromatic carbocycles. The van der Waals surface area contributed by atoms with E-state index in [1.165, 1.54) is 0 Å². The largest absolute Gasteiger partial charge is 0.355 e. The summed E-state index contributed by atoms with van der Waals surface area (Å²) in [5, 5.41) is 10.1. The summed E-state index contributed by atoms with van der Waals surface area (Å²) < 4.78 is 0. The molecule has 0 aliphatic carbocycles. The first kappa shape index (κ1) is 17.5. The van der Waals surface area contributed by atoms with Gasteiger partial charge in [0.2, 0.25) is 11.8 Å². The fourth-order valence-electron chi connectivity index (χ4n) is 2.88. The maximum atomic E-state index is 12.2. The topological polar surface area (TPSA) is 81.3 Å². The number of likely N-dealkylation sites (N-methyl/N-ethyl adjacent to an activating group) is 1. The van der Waals surface area contributed by atoms with Crippen LogP contribution in [-0.2, 0) is 16.0 Å². The highest BCUT2D eigenvalue weighted by molar-refractivity contribution is 5.89. The second-order valence-corrected chi connectivity index (χ2v) is 6.50. The van der Waals surface area contributed by atoms with E-state index >= 15 is 0 Å². The monoisotopic (exact) mass is 321 g/mol. The number of amides is 2. The van der Waals surface area contributed by atoms with Crippen LogP contribution in [0.4, 0.5) is 0 Å². The van der Waals surface area contributed by atoms with Crippen LogP contribution in [0.2, 0.25) is 0 Å². The van der Waals surface area contributed by atoms with Crippen molar-refractivity contribution >= 4 is 11.8 Å². The lowest BCUT2D eigenvalue weighted by molar-refractivity contribution is -0.129. The number of nitrogens with one attached hydrogen (secondary N) is 2. The molecule has 7 nitrogen and oxygen atoms in total. The molecule has 1 aromatic heterocycles. The minimum Gasteiger partial charge on any atom is -0.355 e. The van der Waals surface area contributed by atoms with Crippen molar-refractivity contribution in [2.45, 2.75) is 26.7 Å². The highest BCUT2D eigenvalue weighted by Crippen LogP contribution is 2.17. The van der Waals surface area contributed by atoms with E-state index in [2.05, 4.69) is 15.5 Å². The maximum absolute atomic E-state index is 12.2. The van der Waals surface area contributed by atoms with Gasteiger partial charge in [-0.15, -0.1) is 0 Å². The summed E-state index contributed by atoms with van der Waals surface area (Å²) >= 11 is 0. The van der Waals surface area contributed by atoms with E-state index in [4.69, 9.17) is 0 Å². The number of carbonyl (C=O) groups excluding carboxylic acids is 2. The van der Waals surface area contributed by atoms with Crippen molar-refractivity contribution in [1.29, 1.82) is 0 Å². The van der Waals surface area contributed by atoms with Crippen molar-refractivity contribution in [2.75, 3.05) is 40.3 Å². The molecular formula is C16H27N5O2. The zero-order chi connectivity index (χ0) is 17.0. The summed E-state index contributed by atoms with van der Waals surface area (Å²) in [7, 11) is 3.95. The summed E-state index contributed by atoms with van der Waals surface area (Å²) in [6.07, 6.45) is 1.08. The standard InChI is InChI=1S/C16H27N5O2/c1-11-14(12(2)19-18-11)5-6-17-16(23)13-9-15(22)21(10-13)8-7-20(3)4/h13H,5-10H2,1-4H3,(H,17,23)(H,18,19)/t13-/m1/s1. The summed E-state index contributed by atoms with van der Waals surface area (Å²) in [6.45, 7) is 6.54. The Balaban J connectivity index is 1.77. The molecule has 1 aromatic rings. The molecule has 1 aliphatic heterocycles. The molecule has 128 valence electrons. The molecule has 7 heteroatoms. The van der Waals surface area contributed by atoms with E-state index in [0.29, 0.717) is 26.1 Å². The van der Waals surface area contributed by atoms with E-state index in [0.717, 1.165) is 29.9 Å². The molecule has 2 amide bonds. The first-order chi connectivity index (χ1) is 10.9. The predicted octanol–water partition coefficient (Wildman–Crippen LogP) is 0.0953. The van der Waals surface area contributed by atoms with Crippen LogP contribution in [0.25, 0.3) is 0 Å². The lowest BCUT2D eigenvalue weighted by atomic mass is 10.1. The molecule has 0 saturated carbocycles. The molecule has 23 heavy (non-hydrogen) atoms. The van der Waals surface area contributed by atoms with Gasteiger partial charge in [-0.2, -0.15) is 5.10 Å². The van der Waals surface area contributed by atoms with E-state index in [-0.39, 0.29) is 17.7 Å². The molecule has 1 fully saturated rings. The highest BCUT2D eigenvalue weighted by Gasteiger charge is 2.33. The number of nitrogens with zero attached hydrogens (tertiary/aromatic N) is 3. The molecule has 2 rings (SSSR count). The van der Waals surface area contributed by atoms with Gasteiger partial charge in [-0.05, 0) is 39.9 Å².